The summed E-state index contributed by atoms with van der Waals surface area (Å²) in [5, 5.41) is 19.8. The minimum absolute atomic E-state index is 0.157. The van der Waals surface area contributed by atoms with Gasteiger partial charge in [-0.15, -0.1) is 0 Å². The van der Waals surface area contributed by atoms with Crippen molar-refractivity contribution in [3.8, 4) is 39.9 Å². The molecule has 5 aromatic rings. The summed E-state index contributed by atoms with van der Waals surface area (Å²) >= 11 is 6.51. The molecule has 0 fully saturated rings. The molecular weight excluding hydrogens is 454 g/mol. The molecule has 0 saturated heterocycles. The smallest absolute Gasteiger partial charge is 0.336 e. The number of rotatable bonds is 5. The monoisotopic (exact) mass is 471 g/mol. The molecule has 3 aromatic carbocycles. The summed E-state index contributed by atoms with van der Waals surface area (Å²) in [7, 11) is 0. The maximum atomic E-state index is 11.4. The first-order valence-corrected chi connectivity index (χ1v) is 10.7. The normalized spacial score (nSPS) is 11.0. The maximum Gasteiger partial charge on any atom is 0.336 e. The van der Waals surface area contributed by atoms with Crippen molar-refractivity contribution in [1.82, 2.24) is 15.0 Å². The second-order valence-corrected chi connectivity index (χ2v) is 8.12. The van der Waals surface area contributed by atoms with Gasteiger partial charge in [0.25, 0.3) is 0 Å². The summed E-state index contributed by atoms with van der Waals surface area (Å²) < 4.78 is 5.73. The highest BCUT2D eigenvalue weighted by Gasteiger charge is 2.14. The number of para-hydroxylation sites is 1. The molecule has 0 unspecified atom stereocenters. The van der Waals surface area contributed by atoms with E-state index in [0.717, 1.165) is 16.7 Å². The molecule has 7 nitrogen and oxygen atoms in total. The van der Waals surface area contributed by atoms with E-state index in [4.69, 9.17) is 16.3 Å². The highest BCUT2D eigenvalue weighted by molar-refractivity contribution is 6.33. The van der Waals surface area contributed by atoms with Crippen LogP contribution in [-0.2, 0) is 0 Å². The van der Waals surface area contributed by atoms with Gasteiger partial charge in [0.1, 0.15) is 11.5 Å². The van der Waals surface area contributed by atoms with Crippen LogP contribution in [0.4, 0.5) is 0 Å². The highest BCUT2D eigenvalue weighted by Crippen LogP contribution is 2.34. The van der Waals surface area contributed by atoms with Gasteiger partial charge < -0.3 is 19.9 Å². The third kappa shape index (κ3) is 4.04. The molecule has 0 spiro atoms. The number of benzene rings is 3. The number of phenols is 1. The fourth-order valence-corrected chi connectivity index (χ4v) is 3.94. The van der Waals surface area contributed by atoms with Gasteiger partial charge in [-0.2, -0.15) is 4.98 Å². The van der Waals surface area contributed by atoms with Crippen LogP contribution in [-0.4, -0.2) is 31.1 Å². The highest BCUT2D eigenvalue weighted by atomic mass is 35.5. The Morgan fingerprint density at radius 3 is 2.44 bits per heavy atom. The van der Waals surface area contributed by atoms with Gasteiger partial charge in [-0.1, -0.05) is 60.1 Å². The Bertz CT molecular complexity index is 1540. The second kappa shape index (κ2) is 8.53. The lowest BCUT2D eigenvalue weighted by molar-refractivity contribution is 0.0695. The summed E-state index contributed by atoms with van der Waals surface area (Å²) in [5.74, 6) is -0.479. The van der Waals surface area contributed by atoms with Crippen molar-refractivity contribution < 1.29 is 19.7 Å². The lowest BCUT2D eigenvalue weighted by Crippen LogP contribution is -2.00. The number of carbonyl (C=O) groups is 1. The molecule has 0 saturated carbocycles. The molecule has 168 valence electrons. The summed E-state index contributed by atoms with van der Waals surface area (Å²) in [6, 6.07) is 21.4. The van der Waals surface area contributed by atoms with Crippen LogP contribution in [0.3, 0.4) is 0 Å². The van der Waals surface area contributed by atoms with Crippen molar-refractivity contribution >= 4 is 28.7 Å². The van der Waals surface area contributed by atoms with E-state index in [1.807, 2.05) is 36.4 Å². The largest absolute Gasteiger partial charge is 0.507 e. The van der Waals surface area contributed by atoms with Gasteiger partial charge in [-0.3, -0.25) is 0 Å². The van der Waals surface area contributed by atoms with Crippen molar-refractivity contribution in [2.45, 2.75) is 6.92 Å². The summed E-state index contributed by atoms with van der Waals surface area (Å²) in [6.07, 6.45) is 0. The fourth-order valence-electron chi connectivity index (χ4n) is 3.68. The van der Waals surface area contributed by atoms with Crippen LogP contribution in [0.2, 0.25) is 5.02 Å². The van der Waals surface area contributed by atoms with E-state index < -0.39 is 5.97 Å². The second-order valence-electron chi connectivity index (χ2n) is 7.71. The molecule has 0 bridgehead atoms. The first-order chi connectivity index (χ1) is 16.4. The number of ether oxygens (including phenoxy) is 1. The number of phenolic OH excluding ortho intramolecular Hbond substituents is 1. The lowest BCUT2D eigenvalue weighted by atomic mass is 10.0. The van der Waals surface area contributed by atoms with Gasteiger partial charge in [0.05, 0.1) is 21.8 Å². The number of H-pyrrole nitrogens is 1. The number of aromatic carboxylic acids is 1. The van der Waals surface area contributed by atoms with Gasteiger partial charge >= 0.3 is 12.0 Å². The van der Waals surface area contributed by atoms with Gasteiger partial charge in [-0.05, 0) is 42.3 Å². The molecular formula is C26H18ClN3O4. The van der Waals surface area contributed by atoms with Crippen LogP contribution < -0.4 is 4.74 Å². The summed E-state index contributed by atoms with van der Waals surface area (Å²) in [6.45, 7) is 1.72. The van der Waals surface area contributed by atoms with Gasteiger partial charge in [0.15, 0.2) is 5.65 Å². The number of nitrogens with zero attached hydrogens (tertiary/aromatic N) is 2. The molecule has 0 aliphatic rings. The quantitative estimate of drug-likeness (QED) is 0.272. The van der Waals surface area contributed by atoms with Crippen LogP contribution in [0, 0.1) is 6.92 Å². The van der Waals surface area contributed by atoms with E-state index in [1.165, 1.54) is 6.07 Å². The van der Waals surface area contributed by atoms with Crippen molar-refractivity contribution in [1.29, 1.82) is 0 Å². The van der Waals surface area contributed by atoms with Crippen LogP contribution in [0.25, 0.3) is 33.5 Å². The molecule has 0 aliphatic carbocycles. The van der Waals surface area contributed by atoms with E-state index in [9.17, 15) is 15.0 Å². The number of fused-ring (bicyclic) bond motifs is 1. The van der Waals surface area contributed by atoms with E-state index in [2.05, 4.69) is 15.0 Å². The number of imidazole rings is 1. The molecule has 0 atom stereocenters. The molecule has 0 amide bonds. The third-order valence-electron chi connectivity index (χ3n) is 5.43. The molecule has 8 heteroatoms. The Balaban J connectivity index is 1.45. The predicted molar refractivity (Wildman–Crippen MR) is 130 cm³/mol. The molecule has 3 N–H and O–H groups in total. The summed E-state index contributed by atoms with van der Waals surface area (Å²) in [4.78, 5) is 23.4. The Labute approximate surface area is 199 Å². The SMILES string of the molecule is Cc1ccc(Oc2nc3nc(-c4ccc(-c5ccccc5O)cc4)c(Cl)cc3[nH]2)cc1C(=O)O. The predicted octanol–water partition coefficient (Wildman–Crippen LogP) is 6.45. The number of carboxylic acid groups (broad SMARTS) is 1. The van der Waals surface area contributed by atoms with Crippen LogP contribution in [0.1, 0.15) is 15.9 Å². The van der Waals surface area contributed by atoms with Crippen molar-refractivity contribution in [3.63, 3.8) is 0 Å². The first kappa shape index (κ1) is 21.5. The Morgan fingerprint density at radius 1 is 0.971 bits per heavy atom. The third-order valence-corrected chi connectivity index (χ3v) is 5.72. The Morgan fingerprint density at radius 2 is 1.71 bits per heavy atom. The number of halogens is 1. The van der Waals surface area contributed by atoms with Crippen LogP contribution >= 0.6 is 11.6 Å². The number of aryl methyl sites for hydroxylation is 1. The topological polar surface area (TPSA) is 108 Å². The molecule has 0 aliphatic heterocycles. The zero-order valence-electron chi connectivity index (χ0n) is 17.9. The number of aromatic nitrogens is 3. The average molecular weight is 472 g/mol. The zero-order chi connectivity index (χ0) is 23.8. The number of aromatic hydroxyl groups is 1. The lowest BCUT2D eigenvalue weighted by Gasteiger charge is -2.07. The zero-order valence-corrected chi connectivity index (χ0v) is 18.7. The minimum atomic E-state index is -1.03. The summed E-state index contributed by atoms with van der Waals surface area (Å²) in [5.41, 5.74) is 4.74. The molecule has 0 radical (unpaired) electrons. The molecule has 34 heavy (non-hydrogen) atoms. The van der Waals surface area contributed by atoms with Crippen molar-refractivity contribution in [2.24, 2.45) is 0 Å². The van der Waals surface area contributed by atoms with Crippen molar-refractivity contribution in [3.05, 3.63) is 88.9 Å². The van der Waals surface area contributed by atoms with E-state index >= 15 is 0 Å². The van der Waals surface area contributed by atoms with E-state index in [0.29, 0.717) is 33.2 Å². The van der Waals surface area contributed by atoms with Gasteiger partial charge in [0.2, 0.25) is 0 Å². The van der Waals surface area contributed by atoms with Gasteiger partial charge in [-0.25, -0.2) is 9.78 Å². The van der Waals surface area contributed by atoms with Crippen LogP contribution in [0.15, 0.2) is 72.8 Å². The number of nitrogens with one attached hydrogen (secondary N) is 1. The average Bonchev–Trinajstić information content (AvgIpc) is 3.21. The standard InChI is InChI=1S/C26H18ClN3O4/c1-14-6-11-17(12-19(14)25(32)33)34-26-28-21-13-20(27)23(29-24(21)30-26)16-9-7-15(8-10-16)18-4-2-3-5-22(18)31/h2-13,31H,1H3,(H,32,33)(H,28,29,30). The number of hydrogen-bond donors (Lipinski definition) is 3. The number of pyridine rings is 1. The number of aromatic amines is 1. The molecule has 2 aromatic heterocycles. The van der Waals surface area contributed by atoms with E-state index in [-0.39, 0.29) is 17.3 Å². The Hall–Kier alpha value is -4.36. The first-order valence-electron chi connectivity index (χ1n) is 10.4. The van der Waals surface area contributed by atoms with E-state index in [1.54, 1.807) is 37.3 Å². The fraction of sp³-hybridized carbons (Fsp3) is 0.0385. The molecule has 5 rings (SSSR count). The van der Waals surface area contributed by atoms with Crippen LogP contribution in [0.5, 0.6) is 17.5 Å². The Kier molecular flexibility index (Phi) is 5.39. The maximum absolute atomic E-state index is 11.4. The minimum Gasteiger partial charge on any atom is -0.507 e. The number of carboxylic acids is 1. The molecule has 2 heterocycles. The van der Waals surface area contributed by atoms with Gasteiger partial charge in [0, 0.05) is 11.1 Å². The van der Waals surface area contributed by atoms with Crippen molar-refractivity contribution in [2.75, 3.05) is 0 Å². The number of hydrogen-bond acceptors (Lipinski definition) is 5.